The van der Waals surface area contributed by atoms with Crippen molar-refractivity contribution >= 4 is 0 Å². The smallest absolute Gasteiger partial charge is 0.0950 e. The summed E-state index contributed by atoms with van der Waals surface area (Å²) >= 11 is 0. The summed E-state index contributed by atoms with van der Waals surface area (Å²) in [7, 11) is 0. The summed E-state index contributed by atoms with van der Waals surface area (Å²) in [5.74, 6) is 0.771. The molecule has 2 unspecified atom stereocenters. The molecule has 0 amide bonds. The fourth-order valence-electron chi connectivity index (χ4n) is 2.39. The molecule has 1 N–H and O–H groups in total. The van der Waals surface area contributed by atoms with Gasteiger partial charge in [-0.3, -0.25) is 0 Å². The van der Waals surface area contributed by atoms with Crippen molar-refractivity contribution in [3.63, 3.8) is 0 Å². The van der Waals surface area contributed by atoms with Gasteiger partial charge in [0, 0.05) is 19.1 Å². The van der Waals surface area contributed by atoms with Crippen LogP contribution in [0, 0.1) is 17.2 Å². The van der Waals surface area contributed by atoms with Crippen LogP contribution in [0.25, 0.3) is 0 Å². The predicted molar refractivity (Wildman–Crippen MR) is 60.4 cm³/mol. The highest BCUT2D eigenvalue weighted by molar-refractivity contribution is 4.92. The molecule has 3 heteroatoms. The molecule has 0 aromatic rings. The average Bonchev–Trinajstić information content (AvgIpc) is 3.01. The Morgan fingerprint density at radius 2 is 2.27 bits per heavy atom. The quantitative estimate of drug-likeness (QED) is 0.740. The lowest BCUT2D eigenvalue weighted by Gasteiger charge is -2.16. The van der Waals surface area contributed by atoms with Gasteiger partial charge in [-0.15, -0.1) is 0 Å². The number of nitrogens with one attached hydrogen (secondary N) is 1. The van der Waals surface area contributed by atoms with Crippen molar-refractivity contribution in [2.45, 2.75) is 44.7 Å². The molecule has 1 heterocycles. The van der Waals surface area contributed by atoms with E-state index < -0.39 is 0 Å². The van der Waals surface area contributed by atoms with E-state index in [0.29, 0.717) is 0 Å². The second-order valence-corrected chi connectivity index (χ2v) is 4.88. The molecule has 0 aromatic heterocycles. The van der Waals surface area contributed by atoms with Gasteiger partial charge >= 0.3 is 0 Å². The molecule has 0 radical (unpaired) electrons. The van der Waals surface area contributed by atoms with Crippen molar-refractivity contribution in [2.24, 2.45) is 5.92 Å². The van der Waals surface area contributed by atoms with E-state index in [-0.39, 0.29) is 6.04 Å². The van der Waals surface area contributed by atoms with E-state index >= 15 is 0 Å². The highest BCUT2D eigenvalue weighted by Crippen LogP contribution is 2.31. The van der Waals surface area contributed by atoms with Crippen molar-refractivity contribution in [3.05, 3.63) is 0 Å². The molecular weight excluding hydrogens is 186 g/mol. The summed E-state index contributed by atoms with van der Waals surface area (Å²) in [5.41, 5.74) is 0. The first-order valence-electron chi connectivity index (χ1n) is 6.20. The van der Waals surface area contributed by atoms with E-state index in [0.717, 1.165) is 24.9 Å². The minimum atomic E-state index is 0.0555. The van der Waals surface area contributed by atoms with Crippen LogP contribution in [-0.4, -0.2) is 36.6 Å². The standard InChI is InChI=1S/C12H21N3/c1-2-11(7-13)14-8-10-5-6-15(9-10)12-3-4-12/h10-12,14H,2-6,8-9H2,1H3. The van der Waals surface area contributed by atoms with Crippen molar-refractivity contribution in [2.75, 3.05) is 19.6 Å². The first-order chi connectivity index (χ1) is 7.33. The molecule has 2 atom stereocenters. The van der Waals surface area contributed by atoms with Crippen molar-refractivity contribution in [3.8, 4) is 6.07 Å². The number of nitriles is 1. The summed E-state index contributed by atoms with van der Waals surface area (Å²) in [6.07, 6.45) is 5.05. The number of rotatable bonds is 5. The van der Waals surface area contributed by atoms with Crippen LogP contribution in [-0.2, 0) is 0 Å². The Labute approximate surface area is 92.4 Å². The topological polar surface area (TPSA) is 39.1 Å². The molecule has 15 heavy (non-hydrogen) atoms. The molecule has 1 aliphatic carbocycles. The largest absolute Gasteiger partial charge is 0.302 e. The van der Waals surface area contributed by atoms with E-state index in [1.165, 1.54) is 32.4 Å². The Bertz CT molecular complexity index is 242. The zero-order chi connectivity index (χ0) is 10.7. The monoisotopic (exact) mass is 207 g/mol. The van der Waals surface area contributed by atoms with Crippen LogP contribution in [0.15, 0.2) is 0 Å². The minimum Gasteiger partial charge on any atom is -0.302 e. The van der Waals surface area contributed by atoms with Crippen LogP contribution in [0.1, 0.15) is 32.6 Å². The van der Waals surface area contributed by atoms with Gasteiger partial charge in [-0.25, -0.2) is 0 Å². The molecule has 0 aromatic carbocycles. The van der Waals surface area contributed by atoms with Crippen molar-refractivity contribution < 1.29 is 0 Å². The molecule has 1 saturated heterocycles. The second-order valence-electron chi connectivity index (χ2n) is 4.88. The van der Waals surface area contributed by atoms with Gasteiger partial charge in [-0.05, 0) is 38.1 Å². The predicted octanol–water partition coefficient (Wildman–Crippen LogP) is 1.36. The van der Waals surface area contributed by atoms with Crippen molar-refractivity contribution in [1.82, 2.24) is 10.2 Å². The normalized spacial score (nSPS) is 28.9. The average molecular weight is 207 g/mol. The lowest BCUT2D eigenvalue weighted by atomic mass is 10.1. The molecule has 0 bridgehead atoms. The van der Waals surface area contributed by atoms with E-state index in [9.17, 15) is 0 Å². The number of hydrogen-bond donors (Lipinski definition) is 1. The fraction of sp³-hybridized carbons (Fsp3) is 0.917. The number of hydrogen-bond acceptors (Lipinski definition) is 3. The summed E-state index contributed by atoms with van der Waals surface area (Å²) in [4.78, 5) is 2.62. The van der Waals surface area contributed by atoms with Gasteiger partial charge in [0.15, 0.2) is 0 Å². The third kappa shape index (κ3) is 2.93. The maximum Gasteiger partial charge on any atom is 0.0950 e. The molecule has 1 aliphatic heterocycles. The van der Waals surface area contributed by atoms with Crippen LogP contribution in [0.5, 0.6) is 0 Å². The molecule has 0 spiro atoms. The van der Waals surface area contributed by atoms with Crippen LogP contribution in [0.2, 0.25) is 0 Å². The summed E-state index contributed by atoms with van der Waals surface area (Å²) < 4.78 is 0. The maximum absolute atomic E-state index is 8.83. The molecule has 84 valence electrons. The minimum absolute atomic E-state index is 0.0555. The highest BCUT2D eigenvalue weighted by Gasteiger charge is 2.34. The van der Waals surface area contributed by atoms with E-state index in [1.807, 2.05) is 0 Å². The molecule has 1 saturated carbocycles. The SMILES string of the molecule is CCC(C#N)NCC1CCN(C2CC2)C1. The van der Waals surface area contributed by atoms with E-state index in [4.69, 9.17) is 5.26 Å². The van der Waals surface area contributed by atoms with Gasteiger partial charge in [0.05, 0.1) is 12.1 Å². The van der Waals surface area contributed by atoms with E-state index in [2.05, 4.69) is 23.2 Å². The Morgan fingerprint density at radius 3 is 2.87 bits per heavy atom. The third-order valence-electron chi connectivity index (χ3n) is 3.60. The third-order valence-corrected chi connectivity index (χ3v) is 3.60. The van der Waals surface area contributed by atoms with Crippen LogP contribution < -0.4 is 5.32 Å². The zero-order valence-electron chi connectivity index (χ0n) is 9.58. The highest BCUT2D eigenvalue weighted by atomic mass is 15.2. The summed E-state index contributed by atoms with van der Waals surface area (Å²) in [5, 5.41) is 12.2. The van der Waals surface area contributed by atoms with Crippen LogP contribution >= 0.6 is 0 Å². The van der Waals surface area contributed by atoms with E-state index in [1.54, 1.807) is 0 Å². The van der Waals surface area contributed by atoms with Gasteiger partial charge in [-0.1, -0.05) is 6.92 Å². The fourth-order valence-corrected chi connectivity index (χ4v) is 2.39. The number of nitrogens with zero attached hydrogens (tertiary/aromatic N) is 2. The lowest BCUT2D eigenvalue weighted by Crippen LogP contribution is -2.33. The summed E-state index contributed by atoms with van der Waals surface area (Å²) in [6, 6.07) is 3.26. The molecule has 2 fully saturated rings. The summed E-state index contributed by atoms with van der Waals surface area (Å²) in [6.45, 7) is 5.61. The zero-order valence-corrected chi connectivity index (χ0v) is 9.58. The van der Waals surface area contributed by atoms with Gasteiger partial charge in [-0.2, -0.15) is 5.26 Å². The Morgan fingerprint density at radius 1 is 1.47 bits per heavy atom. The number of likely N-dealkylation sites (tertiary alicyclic amines) is 1. The molecule has 3 nitrogen and oxygen atoms in total. The lowest BCUT2D eigenvalue weighted by molar-refractivity contribution is 0.310. The van der Waals surface area contributed by atoms with Gasteiger partial charge in [0.2, 0.25) is 0 Å². The maximum atomic E-state index is 8.83. The van der Waals surface area contributed by atoms with Crippen LogP contribution in [0.3, 0.4) is 0 Å². The van der Waals surface area contributed by atoms with Crippen molar-refractivity contribution in [1.29, 1.82) is 5.26 Å². The second kappa shape index (κ2) is 4.96. The Balaban J connectivity index is 1.66. The molecule has 2 aliphatic rings. The first-order valence-corrected chi connectivity index (χ1v) is 6.20. The van der Waals surface area contributed by atoms with Gasteiger partial charge in [0.25, 0.3) is 0 Å². The molecule has 2 rings (SSSR count). The Kier molecular flexibility index (Phi) is 3.61. The molecular formula is C12H21N3. The van der Waals surface area contributed by atoms with Gasteiger partial charge in [0.1, 0.15) is 0 Å². The Hall–Kier alpha value is -0.590. The van der Waals surface area contributed by atoms with Crippen LogP contribution in [0.4, 0.5) is 0 Å². The van der Waals surface area contributed by atoms with Gasteiger partial charge < -0.3 is 10.2 Å². The first kappa shape index (κ1) is 10.9.